The lowest BCUT2D eigenvalue weighted by Gasteiger charge is -2.22. The Bertz CT molecular complexity index is 681. The Labute approximate surface area is 137 Å². The lowest BCUT2D eigenvalue weighted by Crippen LogP contribution is -2.30. The van der Waals surface area contributed by atoms with Crippen LogP contribution in [0.25, 0.3) is 0 Å². The SMILES string of the molecule is CCN(Cc1ccccc1)C(=O)c1cc(C(C)C)c(O)cc1O. The van der Waals surface area contributed by atoms with Crippen molar-refractivity contribution >= 4 is 5.91 Å². The molecule has 1 amide bonds. The molecule has 0 atom stereocenters. The molecule has 2 N–H and O–H groups in total. The fourth-order valence-corrected chi connectivity index (χ4v) is 2.53. The first-order valence-corrected chi connectivity index (χ1v) is 7.83. The van der Waals surface area contributed by atoms with Gasteiger partial charge in [-0.05, 0) is 30.0 Å². The van der Waals surface area contributed by atoms with Crippen LogP contribution in [0, 0.1) is 0 Å². The van der Waals surface area contributed by atoms with Crippen molar-refractivity contribution in [3.8, 4) is 11.5 Å². The Balaban J connectivity index is 2.32. The van der Waals surface area contributed by atoms with E-state index in [0.717, 1.165) is 5.56 Å². The number of rotatable bonds is 5. The van der Waals surface area contributed by atoms with Gasteiger partial charge in [0.2, 0.25) is 0 Å². The van der Waals surface area contributed by atoms with E-state index in [1.165, 1.54) is 6.07 Å². The summed E-state index contributed by atoms with van der Waals surface area (Å²) < 4.78 is 0. The zero-order chi connectivity index (χ0) is 17.0. The molecule has 0 saturated carbocycles. The van der Waals surface area contributed by atoms with Crippen molar-refractivity contribution in [2.75, 3.05) is 6.54 Å². The maximum atomic E-state index is 12.8. The molecule has 0 aliphatic carbocycles. The molecule has 0 saturated heterocycles. The number of aromatic hydroxyl groups is 2. The van der Waals surface area contributed by atoms with Gasteiger partial charge in [-0.3, -0.25) is 4.79 Å². The minimum absolute atomic E-state index is 0.0140. The molecule has 4 heteroatoms. The standard InChI is InChI=1S/C19H23NO3/c1-4-20(12-14-8-6-5-7-9-14)19(23)16-10-15(13(2)3)17(21)11-18(16)22/h5-11,13,21-22H,4,12H2,1-3H3. The lowest BCUT2D eigenvalue weighted by molar-refractivity contribution is 0.0749. The number of carbonyl (C=O) groups is 1. The van der Waals surface area contributed by atoms with Crippen molar-refractivity contribution in [1.82, 2.24) is 4.90 Å². The van der Waals surface area contributed by atoms with Gasteiger partial charge in [0.1, 0.15) is 11.5 Å². The second-order valence-corrected chi connectivity index (χ2v) is 5.89. The summed E-state index contributed by atoms with van der Waals surface area (Å²) in [6.07, 6.45) is 0. The summed E-state index contributed by atoms with van der Waals surface area (Å²) in [5.74, 6) is -0.356. The monoisotopic (exact) mass is 313 g/mol. The van der Waals surface area contributed by atoms with Crippen LogP contribution in [-0.4, -0.2) is 27.6 Å². The van der Waals surface area contributed by atoms with Gasteiger partial charge in [0.05, 0.1) is 5.56 Å². The highest BCUT2D eigenvalue weighted by molar-refractivity contribution is 5.97. The first-order valence-electron chi connectivity index (χ1n) is 7.83. The zero-order valence-electron chi connectivity index (χ0n) is 13.8. The second-order valence-electron chi connectivity index (χ2n) is 5.89. The molecule has 0 radical (unpaired) electrons. The third-order valence-electron chi connectivity index (χ3n) is 3.88. The highest BCUT2D eigenvalue weighted by Crippen LogP contribution is 2.33. The normalized spacial score (nSPS) is 10.8. The van der Waals surface area contributed by atoms with Gasteiger partial charge in [0, 0.05) is 19.2 Å². The largest absolute Gasteiger partial charge is 0.508 e. The Morgan fingerprint density at radius 2 is 1.74 bits per heavy atom. The van der Waals surface area contributed by atoms with E-state index in [9.17, 15) is 15.0 Å². The van der Waals surface area contributed by atoms with Crippen LogP contribution in [0.3, 0.4) is 0 Å². The van der Waals surface area contributed by atoms with E-state index in [4.69, 9.17) is 0 Å². The summed E-state index contributed by atoms with van der Waals surface area (Å²) in [6, 6.07) is 12.6. The Morgan fingerprint density at radius 3 is 2.30 bits per heavy atom. The Morgan fingerprint density at radius 1 is 1.09 bits per heavy atom. The molecule has 0 spiro atoms. The highest BCUT2D eigenvalue weighted by atomic mass is 16.3. The minimum atomic E-state index is -0.240. The molecule has 0 heterocycles. The van der Waals surface area contributed by atoms with Crippen molar-refractivity contribution in [2.24, 2.45) is 0 Å². The van der Waals surface area contributed by atoms with Crippen molar-refractivity contribution in [2.45, 2.75) is 33.2 Å². The maximum Gasteiger partial charge on any atom is 0.257 e. The van der Waals surface area contributed by atoms with E-state index in [1.807, 2.05) is 51.1 Å². The van der Waals surface area contributed by atoms with Crippen LogP contribution in [0.1, 0.15) is 48.2 Å². The van der Waals surface area contributed by atoms with Gasteiger partial charge in [0.15, 0.2) is 0 Å². The van der Waals surface area contributed by atoms with Crippen LogP contribution in [0.2, 0.25) is 0 Å². The van der Waals surface area contributed by atoms with Crippen molar-refractivity contribution in [1.29, 1.82) is 0 Å². The number of phenols is 2. The third kappa shape index (κ3) is 3.83. The van der Waals surface area contributed by atoms with E-state index in [0.29, 0.717) is 18.7 Å². The molecule has 122 valence electrons. The molecule has 0 aliphatic rings. The second kappa shape index (κ2) is 7.18. The van der Waals surface area contributed by atoms with Gasteiger partial charge in [-0.1, -0.05) is 44.2 Å². The first kappa shape index (κ1) is 16.9. The summed E-state index contributed by atoms with van der Waals surface area (Å²) in [4.78, 5) is 14.4. The Kier molecular flexibility index (Phi) is 5.27. The molecule has 2 aromatic carbocycles. The number of hydrogen-bond acceptors (Lipinski definition) is 3. The molecule has 0 bridgehead atoms. The topological polar surface area (TPSA) is 60.8 Å². The number of nitrogens with zero attached hydrogens (tertiary/aromatic N) is 1. The van der Waals surface area contributed by atoms with Gasteiger partial charge >= 0.3 is 0 Å². The highest BCUT2D eigenvalue weighted by Gasteiger charge is 2.21. The summed E-state index contributed by atoms with van der Waals surface area (Å²) in [6.45, 7) is 6.78. The summed E-state index contributed by atoms with van der Waals surface area (Å²) in [5.41, 5.74) is 1.91. The van der Waals surface area contributed by atoms with E-state index >= 15 is 0 Å². The van der Waals surface area contributed by atoms with Crippen molar-refractivity contribution in [3.63, 3.8) is 0 Å². The summed E-state index contributed by atoms with van der Waals surface area (Å²) in [7, 11) is 0. The smallest absolute Gasteiger partial charge is 0.257 e. The molecular weight excluding hydrogens is 290 g/mol. The van der Waals surface area contributed by atoms with E-state index in [1.54, 1.807) is 11.0 Å². The number of phenolic OH excluding ortho intramolecular Hbond substituents is 2. The van der Waals surface area contributed by atoms with E-state index in [2.05, 4.69) is 0 Å². The van der Waals surface area contributed by atoms with E-state index in [-0.39, 0.29) is 28.9 Å². The molecule has 0 aliphatic heterocycles. The van der Waals surface area contributed by atoms with Gasteiger partial charge in [-0.25, -0.2) is 0 Å². The molecule has 4 nitrogen and oxygen atoms in total. The summed E-state index contributed by atoms with van der Waals surface area (Å²) >= 11 is 0. The molecule has 2 rings (SSSR count). The predicted octanol–water partition coefficient (Wildman–Crippen LogP) is 3.88. The average molecular weight is 313 g/mol. The van der Waals surface area contributed by atoms with Gasteiger partial charge in [0.25, 0.3) is 5.91 Å². The predicted molar refractivity (Wildman–Crippen MR) is 90.7 cm³/mol. The average Bonchev–Trinajstić information content (AvgIpc) is 2.52. The fraction of sp³-hybridized carbons (Fsp3) is 0.316. The van der Waals surface area contributed by atoms with Crippen molar-refractivity contribution in [3.05, 3.63) is 59.2 Å². The van der Waals surface area contributed by atoms with Crippen LogP contribution in [0.15, 0.2) is 42.5 Å². The number of amides is 1. The number of hydrogen-bond donors (Lipinski definition) is 2. The molecule has 0 aromatic heterocycles. The maximum absolute atomic E-state index is 12.8. The fourth-order valence-electron chi connectivity index (χ4n) is 2.53. The lowest BCUT2D eigenvalue weighted by atomic mass is 9.98. The first-order chi connectivity index (χ1) is 10.9. The van der Waals surface area contributed by atoms with E-state index < -0.39 is 0 Å². The zero-order valence-corrected chi connectivity index (χ0v) is 13.8. The van der Waals surface area contributed by atoms with Crippen LogP contribution in [-0.2, 0) is 6.54 Å². The molecule has 0 unspecified atom stereocenters. The quantitative estimate of drug-likeness (QED) is 0.880. The van der Waals surface area contributed by atoms with Crippen LogP contribution >= 0.6 is 0 Å². The molecule has 2 aromatic rings. The van der Waals surface area contributed by atoms with Gasteiger partial charge in [-0.15, -0.1) is 0 Å². The molecular formula is C19H23NO3. The third-order valence-corrected chi connectivity index (χ3v) is 3.88. The van der Waals surface area contributed by atoms with Gasteiger partial charge in [-0.2, -0.15) is 0 Å². The van der Waals surface area contributed by atoms with Crippen molar-refractivity contribution < 1.29 is 15.0 Å². The number of benzene rings is 2. The van der Waals surface area contributed by atoms with Crippen LogP contribution in [0.4, 0.5) is 0 Å². The minimum Gasteiger partial charge on any atom is -0.508 e. The number of carbonyl (C=O) groups excluding carboxylic acids is 1. The molecule has 0 fully saturated rings. The van der Waals surface area contributed by atoms with Gasteiger partial charge < -0.3 is 15.1 Å². The van der Waals surface area contributed by atoms with Crippen LogP contribution < -0.4 is 0 Å². The molecule has 23 heavy (non-hydrogen) atoms. The Hall–Kier alpha value is -2.49. The van der Waals surface area contributed by atoms with Crippen LogP contribution in [0.5, 0.6) is 11.5 Å². The summed E-state index contributed by atoms with van der Waals surface area (Å²) in [5, 5.41) is 20.0.